The molecule has 0 aliphatic heterocycles. The van der Waals surface area contributed by atoms with Gasteiger partial charge in [-0.2, -0.15) is 0 Å². The topological polar surface area (TPSA) is 55.8 Å². The van der Waals surface area contributed by atoms with E-state index < -0.39 is 11.1 Å². The fourth-order valence-electron chi connectivity index (χ4n) is 0.0821. The maximum atomic E-state index is 10.0. The van der Waals surface area contributed by atoms with Crippen LogP contribution in [0.2, 0.25) is 0 Å². The zero-order chi connectivity index (χ0) is 5.70. The van der Waals surface area contributed by atoms with Crippen LogP contribution < -0.4 is 0 Å². The molecular weight excluding hydrogens is 120 g/mol. The highest BCUT2D eigenvalue weighted by Crippen LogP contribution is 1.81. The average Bonchev–Trinajstić information content (AvgIpc) is 1.68. The van der Waals surface area contributed by atoms with E-state index in [1.165, 1.54) is 0 Å². The Labute approximate surface area is 43.6 Å². The SMILES string of the molecule is CCS(=O)OOO. The van der Waals surface area contributed by atoms with Gasteiger partial charge in [-0.05, 0) is 0 Å². The van der Waals surface area contributed by atoms with E-state index in [9.17, 15) is 4.21 Å². The van der Waals surface area contributed by atoms with E-state index in [2.05, 4.69) is 9.37 Å². The Kier molecular flexibility index (Phi) is 4.21. The molecule has 0 heterocycles. The third-order valence-corrected chi connectivity index (χ3v) is 1.03. The average molecular weight is 126 g/mol. The Morgan fingerprint density at radius 3 is 2.57 bits per heavy atom. The van der Waals surface area contributed by atoms with E-state index in [4.69, 9.17) is 5.26 Å². The Hall–Kier alpha value is 0.0300. The van der Waals surface area contributed by atoms with Crippen LogP contribution in [0.15, 0.2) is 0 Å². The van der Waals surface area contributed by atoms with Crippen LogP contribution in [0.5, 0.6) is 0 Å². The first-order valence-electron chi connectivity index (χ1n) is 1.68. The van der Waals surface area contributed by atoms with Gasteiger partial charge in [0.2, 0.25) is 0 Å². The molecule has 7 heavy (non-hydrogen) atoms. The third kappa shape index (κ3) is 3.87. The molecule has 5 heteroatoms. The van der Waals surface area contributed by atoms with Crippen molar-refractivity contribution < 1.29 is 18.8 Å². The number of rotatable bonds is 3. The van der Waals surface area contributed by atoms with Crippen molar-refractivity contribution >= 4 is 11.1 Å². The monoisotopic (exact) mass is 126 g/mol. The first-order valence-corrected chi connectivity index (χ1v) is 2.92. The van der Waals surface area contributed by atoms with Crippen molar-refractivity contribution in [3.63, 3.8) is 0 Å². The maximum absolute atomic E-state index is 10.0. The minimum Gasteiger partial charge on any atom is -0.227 e. The lowest BCUT2D eigenvalue weighted by atomic mass is 11.0. The maximum Gasteiger partial charge on any atom is 0.190 e. The largest absolute Gasteiger partial charge is 0.227 e. The van der Waals surface area contributed by atoms with Crippen LogP contribution in [0.25, 0.3) is 0 Å². The molecule has 0 saturated carbocycles. The number of hydrogen-bond acceptors (Lipinski definition) is 4. The molecular formula is C2H6O4S. The van der Waals surface area contributed by atoms with Crippen molar-refractivity contribution in [2.24, 2.45) is 0 Å². The summed E-state index contributed by atoms with van der Waals surface area (Å²) in [4.78, 5) is 0. The molecule has 0 amide bonds. The van der Waals surface area contributed by atoms with Crippen LogP contribution in [0.1, 0.15) is 6.92 Å². The van der Waals surface area contributed by atoms with Gasteiger partial charge in [-0.25, -0.2) is 9.47 Å². The summed E-state index contributed by atoms with van der Waals surface area (Å²) < 4.78 is 13.7. The quantitative estimate of drug-likeness (QED) is 0.430. The Bertz CT molecular complexity index is 62.7. The summed E-state index contributed by atoms with van der Waals surface area (Å²) in [6, 6.07) is 0. The summed E-state index contributed by atoms with van der Waals surface area (Å²) in [6.45, 7) is 1.63. The van der Waals surface area contributed by atoms with Crippen LogP contribution >= 0.6 is 0 Å². The zero-order valence-electron chi connectivity index (χ0n) is 3.79. The molecule has 1 N–H and O–H groups in total. The molecule has 0 aromatic rings. The first-order chi connectivity index (χ1) is 3.31. The summed E-state index contributed by atoms with van der Waals surface area (Å²) in [5.41, 5.74) is 0. The van der Waals surface area contributed by atoms with E-state index in [0.29, 0.717) is 5.75 Å². The van der Waals surface area contributed by atoms with Gasteiger partial charge >= 0.3 is 0 Å². The lowest BCUT2D eigenvalue weighted by molar-refractivity contribution is -0.434. The molecule has 0 aliphatic rings. The van der Waals surface area contributed by atoms with Gasteiger partial charge in [-0.3, -0.25) is 0 Å². The standard InChI is InChI=1S/C2H6O4S/c1-2-7(4)6-5-3/h3H,2H2,1H3. The predicted octanol–water partition coefficient (Wildman–Crippen LogP) is 0.0912. The summed E-state index contributed by atoms with van der Waals surface area (Å²) >= 11 is -1.50. The normalized spacial score (nSPS) is 14.0. The minimum absolute atomic E-state index is 0.306. The van der Waals surface area contributed by atoms with Crippen LogP contribution in [0, 0.1) is 0 Å². The Balaban J connectivity index is 3.00. The Morgan fingerprint density at radius 2 is 2.43 bits per heavy atom. The molecule has 0 fully saturated rings. The lowest BCUT2D eigenvalue weighted by Crippen LogP contribution is -1.97. The van der Waals surface area contributed by atoms with Crippen molar-refractivity contribution in [1.29, 1.82) is 0 Å². The van der Waals surface area contributed by atoms with Gasteiger partial charge in [0.1, 0.15) is 0 Å². The fourth-order valence-corrected chi connectivity index (χ4v) is 0.246. The van der Waals surface area contributed by atoms with Gasteiger partial charge in [-0.1, -0.05) is 12.0 Å². The molecule has 0 radical (unpaired) electrons. The molecule has 1 atom stereocenters. The van der Waals surface area contributed by atoms with E-state index >= 15 is 0 Å². The molecule has 0 bridgehead atoms. The molecule has 0 aromatic heterocycles. The highest BCUT2D eigenvalue weighted by atomic mass is 32.2. The molecule has 1 unspecified atom stereocenters. The van der Waals surface area contributed by atoms with Gasteiger partial charge in [-0.15, -0.1) is 4.33 Å². The van der Waals surface area contributed by atoms with E-state index in [0.717, 1.165) is 0 Å². The molecule has 0 aromatic carbocycles. The molecule has 0 rings (SSSR count). The van der Waals surface area contributed by atoms with Gasteiger partial charge in [0.25, 0.3) is 0 Å². The second-order valence-electron chi connectivity index (χ2n) is 0.735. The summed E-state index contributed by atoms with van der Waals surface area (Å²) in [6.07, 6.45) is 0. The highest BCUT2D eigenvalue weighted by Gasteiger charge is 1.91. The van der Waals surface area contributed by atoms with Gasteiger partial charge < -0.3 is 0 Å². The van der Waals surface area contributed by atoms with Gasteiger partial charge in [0.15, 0.2) is 11.1 Å². The van der Waals surface area contributed by atoms with Gasteiger partial charge in [0.05, 0.1) is 0 Å². The summed E-state index contributed by atoms with van der Waals surface area (Å²) in [5.74, 6) is 0.306. The van der Waals surface area contributed by atoms with E-state index in [1.807, 2.05) is 0 Å². The summed E-state index contributed by atoms with van der Waals surface area (Å²) in [7, 11) is 0. The zero-order valence-corrected chi connectivity index (χ0v) is 4.60. The van der Waals surface area contributed by atoms with Crippen molar-refractivity contribution in [1.82, 2.24) is 0 Å². The van der Waals surface area contributed by atoms with Crippen molar-refractivity contribution in [3.05, 3.63) is 0 Å². The van der Waals surface area contributed by atoms with Crippen LogP contribution in [-0.4, -0.2) is 15.2 Å². The minimum atomic E-state index is -1.50. The van der Waals surface area contributed by atoms with Crippen molar-refractivity contribution in [3.8, 4) is 0 Å². The smallest absolute Gasteiger partial charge is 0.190 e. The van der Waals surface area contributed by atoms with Crippen molar-refractivity contribution in [2.45, 2.75) is 6.92 Å². The molecule has 0 saturated heterocycles. The molecule has 4 nitrogen and oxygen atoms in total. The van der Waals surface area contributed by atoms with Crippen LogP contribution in [0.3, 0.4) is 0 Å². The fraction of sp³-hybridized carbons (Fsp3) is 1.00. The molecule has 0 spiro atoms. The first kappa shape index (κ1) is 7.03. The van der Waals surface area contributed by atoms with E-state index in [1.54, 1.807) is 6.92 Å². The van der Waals surface area contributed by atoms with Crippen LogP contribution in [0.4, 0.5) is 0 Å². The number of hydrogen-bond donors (Lipinski definition) is 1. The van der Waals surface area contributed by atoms with Crippen LogP contribution in [-0.2, 0) is 20.5 Å². The second-order valence-corrected chi connectivity index (χ2v) is 2.06. The van der Waals surface area contributed by atoms with E-state index in [-0.39, 0.29) is 0 Å². The van der Waals surface area contributed by atoms with Crippen molar-refractivity contribution in [2.75, 3.05) is 5.75 Å². The molecule has 44 valence electrons. The second kappa shape index (κ2) is 4.20. The Morgan fingerprint density at radius 1 is 1.86 bits per heavy atom. The van der Waals surface area contributed by atoms with Gasteiger partial charge in [0, 0.05) is 5.75 Å². The third-order valence-electron chi connectivity index (χ3n) is 0.342. The summed E-state index contributed by atoms with van der Waals surface area (Å²) in [5, 5.41) is 10.5. The molecule has 0 aliphatic carbocycles. The highest BCUT2D eigenvalue weighted by molar-refractivity contribution is 7.80. The lowest BCUT2D eigenvalue weighted by Gasteiger charge is -1.88. The predicted molar refractivity (Wildman–Crippen MR) is 23.5 cm³/mol.